The van der Waals surface area contributed by atoms with Gasteiger partial charge in [0.1, 0.15) is 6.04 Å². The SMILES string of the molecule is COC1C(C(=O)O)N[C@@H]2CCC[C@H]1C2. The van der Waals surface area contributed by atoms with Crippen molar-refractivity contribution >= 4 is 5.97 Å². The van der Waals surface area contributed by atoms with Crippen molar-refractivity contribution in [2.24, 2.45) is 5.92 Å². The number of ether oxygens (including phenoxy) is 1. The standard InChI is InChI=1S/C10H17NO3/c1-14-9-6-3-2-4-7(5-6)11-8(9)10(12)13/h6-9,11H,2-5H2,1H3,(H,12,13)/t6-,7+,8?,9?/m0/s1. The number of hydrogen-bond donors (Lipinski definition) is 2. The third kappa shape index (κ3) is 1.64. The van der Waals surface area contributed by atoms with Crippen LogP contribution in [0.5, 0.6) is 0 Å². The van der Waals surface area contributed by atoms with Crippen LogP contribution >= 0.6 is 0 Å². The number of hydrogen-bond acceptors (Lipinski definition) is 3. The van der Waals surface area contributed by atoms with E-state index in [0.717, 1.165) is 19.3 Å². The molecule has 2 unspecified atom stereocenters. The summed E-state index contributed by atoms with van der Waals surface area (Å²) in [4.78, 5) is 11.0. The van der Waals surface area contributed by atoms with Gasteiger partial charge >= 0.3 is 5.97 Å². The van der Waals surface area contributed by atoms with Crippen molar-refractivity contribution in [3.63, 3.8) is 0 Å². The van der Waals surface area contributed by atoms with E-state index < -0.39 is 12.0 Å². The molecular weight excluding hydrogens is 182 g/mol. The van der Waals surface area contributed by atoms with Gasteiger partial charge in [0.2, 0.25) is 0 Å². The molecule has 0 aromatic heterocycles. The molecule has 2 aliphatic rings. The molecule has 0 amide bonds. The first-order valence-electron chi connectivity index (χ1n) is 5.24. The molecule has 2 N–H and O–H groups in total. The van der Waals surface area contributed by atoms with Gasteiger partial charge in [-0.1, -0.05) is 6.42 Å². The third-order valence-electron chi connectivity index (χ3n) is 3.46. The summed E-state index contributed by atoms with van der Waals surface area (Å²) in [6.07, 6.45) is 4.33. The molecule has 0 aromatic rings. The van der Waals surface area contributed by atoms with Crippen molar-refractivity contribution in [2.45, 2.75) is 43.9 Å². The van der Waals surface area contributed by atoms with E-state index in [9.17, 15) is 4.79 Å². The van der Waals surface area contributed by atoms with Gasteiger partial charge in [0.05, 0.1) is 6.10 Å². The minimum absolute atomic E-state index is 0.149. The number of carbonyl (C=O) groups is 1. The van der Waals surface area contributed by atoms with Gasteiger partial charge in [0, 0.05) is 13.2 Å². The van der Waals surface area contributed by atoms with Crippen LogP contribution in [0.25, 0.3) is 0 Å². The molecule has 2 bridgehead atoms. The number of methoxy groups -OCH3 is 1. The fourth-order valence-corrected chi connectivity index (χ4v) is 2.84. The lowest BCUT2D eigenvalue weighted by Crippen LogP contribution is -2.60. The van der Waals surface area contributed by atoms with Crippen LogP contribution in [0.15, 0.2) is 0 Å². The summed E-state index contributed by atoms with van der Waals surface area (Å²) >= 11 is 0. The highest BCUT2D eigenvalue weighted by atomic mass is 16.5. The maximum absolute atomic E-state index is 11.0. The molecule has 1 heterocycles. The van der Waals surface area contributed by atoms with Crippen molar-refractivity contribution in [3.05, 3.63) is 0 Å². The highest BCUT2D eigenvalue weighted by molar-refractivity contribution is 5.74. The highest BCUT2D eigenvalue weighted by Crippen LogP contribution is 2.33. The summed E-state index contributed by atoms with van der Waals surface area (Å²) in [7, 11) is 1.61. The topological polar surface area (TPSA) is 58.6 Å². The summed E-state index contributed by atoms with van der Waals surface area (Å²) in [6, 6.07) is -0.120. The van der Waals surface area contributed by atoms with Crippen LogP contribution in [0.4, 0.5) is 0 Å². The lowest BCUT2D eigenvalue weighted by molar-refractivity contribution is -0.148. The smallest absolute Gasteiger partial charge is 0.323 e. The molecule has 2 fully saturated rings. The first-order chi connectivity index (χ1) is 6.72. The van der Waals surface area contributed by atoms with Crippen LogP contribution in [0, 0.1) is 5.92 Å². The van der Waals surface area contributed by atoms with Gasteiger partial charge in [-0.05, 0) is 25.2 Å². The Morgan fingerprint density at radius 3 is 2.93 bits per heavy atom. The van der Waals surface area contributed by atoms with E-state index in [2.05, 4.69) is 5.32 Å². The molecular formula is C10H17NO3. The Bertz CT molecular complexity index is 231. The second kappa shape index (κ2) is 3.87. The van der Waals surface area contributed by atoms with Crippen LogP contribution in [-0.4, -0.2) is 36.4 Å². The number of carboxylic acids is 1. The maximum atomic E-state index is 11.0. The van der Waals surface area contributed by atoms with Gasteiger partial charge in [-0.15, -0.1) is 0 Å². The van der Waals surface area contributed by atoms with E-state index in [1.807, 2.05) is 0 Å². The molecule has 0 aromatic carbocycles. The Labute approximate surface area is 83.6 Å². The summed E-state index contributed by atoms with van der Waals surface area (Å²) in [5, 5.41) is 12.2. The lowest BCUT2D eigenvalue weighted by atomic mass is 9.76. The predicted octanol–water partition coefficient (Wildman–Crippen LogP) is 0.617. The quantitative estimate of drug-likeness (QED) is 0.684. The first kappa shape index (κ1) is 9.93. The zero-order chi connectivity index (χ0) is 10.1. The van der Waals surface area contributed by atoms with Gasteiger partial charge in [-0.3, -0.25) is 10.1 Å². The summed E-state index contributed by atoms with van der Waals surface area (Å²) < 4.78 is 5.31. The first-order valence-corrected chi connectivity index (χ1v) is 5.24. The third-order valence-corrected chi connectivity index (χ3v) is 3.46. The molecule has 4 heteroatoms. The van der Waals surface area contributed by atoms with Crippen molar-refractivity contribution in [3.8, 4) is 0 Å². The zero-order valence-corrected chi connectivity index (χ0v) is 8.40. The van der Waals surface area contributed by atoms with E-state index in [-0.39, 0.29) is 6.10 Å². The molecule has 1 saturated carbocycles. The Morgan fingerprint density at radius 1 is 1.50 bits per heavy atom. The molecule has 14 heavy (non-hydrogen) atoms. The minimum atomic E-state index is -0.784. The molecule has 0 radical (unpaired) electrons. The van der Waals surface area contributed by atoms with E-state index >= 15 is 0 Å². The number of rotatable bonds is 2. The van der Waals surface area contributed by atoms with Gasteiger partial charge in [0.15, 0.2) is 0 Å². The molecule has 80 valence electrons. The fourth-order valence-electron chi connectivity index (χ4n) is 2.84. The number of carboxylic acid groups (broad SMARTS) is 1. The summed E-state index contributed by atoms with van der Waals surface area (Å²) in [5.74, 6) is -0.352. The zero-order valence-electron chi connectivity index (χ0n) is 8.40. The van der Waals surface area contributed by atoms with Gasteiger partial charge < -0.3 is 9.84 Å². The largest absolute Gasteiger partial charge is 0.480 e. The molecule has 0 spiro atoms. The average Bonchev–Trinajstić information content (AvgIpc) is 2.17. The van der Waals surface area contributed by atoms with Crippen molar-refractivity contribution in [1.82, 2.24) is 5.32 Å². The Kier molecular flexibility index (Phi) is 2.74. The van der Waals surface area contributed by atoms with Crippen molar-refractivity contribution < 1.29 is 14.6 Å². The molecule has 1 saturated heterocycles. The second-order valence-electron chi connectivity index (χ2n) is 4.31. The molecule has 4 atom stereocenters. The number of fused-ring (bicyclic) bond motifs is 2. The highest BCUT2D eigenvalue weighted by Gasteiger charge is 2.42. The van der Waals surface area contributed by atoms with Crippen molar-refractivity contribution in [1.29, 1.82) is 0 Å². The maximum Gasteiger partial charge on any atom is 0.323 e. The van der Waals surface area contributed by atoms with E-state index in [1.54, 1.807) is 7.11 Å². The Hall–Kier alpha value is -0.610. The Balaban J connectivity index is 2.13. The molecule has 1 aliphatic carbocycles. The normalized spacial score (nSPS) is 42.1. The van der Waals surface area contributed by atoms with Crippen LogP contribution in [0.3, 0.4) is 0 Å². The summed E-state index contributed by atoms with van der Waals surface area (Å²) in [5.41, 5.74) is 0. The van der Waals surface area contributed by atoms with Crippen LogP contribution in [0.1, 0.15) is 25.7 Å². The molecule has 4 nitrogen and oxygen atoms in total. The number of aliphatic carboxylic acids is 1. The summed E-state index contributed by atoms with van der Waals surface area (Å²) in [6.45, 7) is 0. The second-order valence-corrected chi connectivity index (χ2v) is 4.31. The van der Waals surface area contributed by atoms with Gasteiger partial charge in [0.25, 0.3) is 0 Å². The lowest BCUT2D eigenvalue weighted by Gasteiger charge is -2.43. The van der Waals surface area contributed by atoms with Crippen LogP contribution < -0.4 is 5.32 Å². The van der Waals surface area contributed by atoms with Crippen molar-refractivity contribution in [2.75, 3.05) is 7.11 Å². The van der Waals surface area contributed by atoms with E-state index in [4.69, 9.17) is 9.84 Å². The molecule has 2 rings (SSSR count). The fraction of sp³-hybridized carbons (Fsp3) is 0.900. The van der Waals surface area contributed by atoms with E-state index in [0.29, 0.717) is 12.0 Å². The number of piperidine rings is 1. The average molecular weight is 199 g/mol. The van der Waals surface area contributed by atoms with E-state index in [1.165, 1.54) is 6.42 Å². The monoisotopic (exact) mass is 199 g/mol. The predicted molar refractivity (Wildman–Crippen MR) is 51.1 cm³/mol. The Morgan fingerprint density at radius 2 is 2.29 bits per heavy atom. The van der Waals surface area contributed by atoms with Crippen LogP contribution in [-0.2, 0) is 9.53 Å². The number of nitrogens with one attached hydrogen (secondary N) is 1. The van der Waals surface area contributed by atoms with Crippen LogP contribution in [0.2, 0.25) is 0 Å². The molecule has 1 aliphatic heterocycles. The minimum Gasteiger partial charge on any atom is -0.480 e. The van der Waals surface area contributed by atoms with Gasteiger partial charge in [-0.25, -0.2) is 0 Å². The van der Waals surface area contributed by atoms with Gasteiger partial charge in [-0.2, -0.15) is 0 Å².